The summed E-state index contributed by atoms with van der Waals surface area (Å²) >= 11 is 0. The maximum atomic E-state index is 14.7. The van der Waals surface area contributed by atoms with Crippen LogP contribution in [0, 0.1) is 27.7 Å². The van der Waals surface area contributed by atoms with E-state index in [1.54, 1.807) is 41.3 Å². The van der Waals surface area contributed by atoms with E-state index >= 15 is 0 Å². The number of carbonyl (C=O) groups excluding carboxylic acids is 2. The number of benzene rings is 4. The van der Waals surface area contributed by atoms with Crippen LogP contribution in [0.5, 0.6) is 0 Å². The van der Waals surface area contributed by atoms with Crippen molar-refractivity contribution in [2.24, 2.45) is 0 Å². The highest BCUT2D eigenvalue weighted by atomic mass is 32.2. The molecule has 0 aliphatic heterocycles. The summed E-state index contributed by atoms with van der Waals surface area (Å²) in [7, 11) is -4.15. The van der Waals surface area contributed by atoms with Gasteiger partial charge < -0.3 is 10.2 Å². The summed E-state index contributed by atoms with van der Waals surface area (Å²) < 4.78 is 29.8. The third-order valence-corrected chi connectivity index (χ3v) is 10.6. The van der Waals surface area contributed by atoms with Crippen molar-refractivity contribution in [1.82, 2.24) is 10.2 Å². The largest absolute Gasteiger partial charge is 0.352 e. The average molecular weight is 652 g/mol. The van der Waals surface area contributed by atoms with Crippen molar-refractivity contribution >= 4 is 27.5 Å². The molecule has 0 saturated heterocycles. The van der Waals surface area contributed by atoms with E-state index in [1.165, 1.54) is 4.31 Å². The minimum Gasteiger partial charge on any atom is -0.352 e. The summed E-state index contributed by atoms with van der Waals surface area (Å²) in [5.41, 5.74) is 5.91. The Balaban J connectivity index is 1.58. The van der Waals surface area contributed by atoms with Crippen molar-refractivity contribution < 1.29 is 18.0 Å². The van der Waals surface area contributed by atoms with Crippen LogP contribution in [-0.4, -0.2) is 43.8 Å². The smallest absolute Gasteiger partial charge is 0.264 e. The standard InChI is InChI=1S/C39H45N3O4S/c1-28-17-19-36(20-18-28)47(45,46)42(35-23-30(3)21-31(4)24-35)27-38(43)41(26-33-14-10-11-29(2)22-33)37(25-32-12-6-5-7-13-32)39(44)40-34-15-8-9-16-34/h5-7,10-14,17-24,34,37H,8-9,15-16,25-27H2,1-4H3,(H,40,44)/t37-/m1/s1. The molecule has 0 aromatic heterocycles. The van der Waals surface area contributed by atoms with E-state index in [0.717, 1.165) is 59.1 Å². The normalized spacial score (nSPS) is 14.0. The quantitative estimate of drug-likeness (QED) is 0.182. The Hall–Kier alpha value is -4.43. The van der Waals surface area contributed by atoms with Crippen LogP contribution < -0.4 is 9.62 Å². The molecule has 0 spiro atoms. The van der Waals surface area contributed by atoms with Crippen LogP contribution >= 0.6 is 0 Å². The van der Waals surface area contributed by atoms with Crippen LogP contribution in [0.3, 0.4) is 0 Å². The molecule has 8 heteroatoms. The predicted octanol–water partition coefficient (Wildman–Crippen LogP) is 6.81. The fourth-order valence-electron chi connectivity index (χ4n) is 6.39. The predicted molar refractivity (Wildman–Crippen MR) is 188 cm³/mol. The second-order valence-electron chi connectivity index (χ2n) is 12.9. The summed E-state index contributed by atoms with van der Waals surface area (Å²) in [6.45, 7) is 7.38. The average Bonchev–Trinajstić information content (AvgIpc) is 3.54. The minimum absolute atomic E-state index is 0.0605. The Kier molecular flexibility index (Phi) is 10.8. The lowest BCUT2D eigenvalue weighted by Gasteiger charge is -2.34. The van der Waals surface area contributed by atoms with Crippen LogP contribution in [0.2, 0.25) is 0 Å². The highest BCUT2D eigenvalue weighted by Gasteiger charge is 2.35. The molecule has 1 aliphatic rings. The van der Waals surface area contributed by atoms with Crippen molar-refractivity contribution in [3.8, 4) is 0 Å². The van der Waals surface area contributed by atoms with Crippen molar-refractivity contribution in [2.45, 2.75) is 83.3 Å². The van der Waals surface area contributed by atoms with Gasteiger partial charge in [0.25, 0.3) is 10.0 Å². The monoisotopic (exact) mass is 651 g/mol. The van der Waals surface area contributed by atoms with Gasteiger partial charge in [0.15, 0.2) is 0 Å². The number of hydrogen-bond acceptors (Lipinski definition) is 4. The molecule has 0 unspecified atom stereocenters. The molecule has 4 aromatic rings. The number of carbonyl (C=O) groups is 2. The summed E-state index contributed by atoms with van der Waals surface area (Å²) in [5.74, 6) is -0.676. The van der Waals surface area contributed by atoms with E-state index < -0.39 is 28.5 Å². The summed E-state index contributed by atoms with van der Waals surface area (Å²) in [5, 5.41) is 3.23. The molecule has 4 aromatic carbocycles. The molecule has 1 N–H and O–H groups in total. The highest BCUT2D eigenvalue weighted by molar-refractivity contribution is 7.92. The van der Waals surface area contributed by atoms with E-state index in [2.05, 4.69) is 5.32 Å². The van der Waals surface area contributed by atoms with Gasteiger partial charge in [-0.1, -0.05) is 96.8 Å². The number of rotatable bonds is 12. The molecular weight excluding hydrogens is 607 g/mol. The Bertz CT molecular complexity index is 1780. The number of sulfonamides is 1. The molecule has 1 saturated carbocycles. The maximum absolute atomic E-state index is 14.7. The summed E-state index contributed by atoms with van der Waals surface area (Å²) in [6, 6.07) is 28.9. The highest BCUT2D eigenvalue weighted by Crippen LogP contribution is 2.28. The van der Waals surface area contributed by atoms with E-state index in [-0.39, 0.29) is 23.4 Å². The molecule has 246 valence electrons. The van der Waals surface area contributed by atoms with Crippen LogP contribution in [0.15, 0.2) is 102 Å². The fourth-order valence-corrected chi connectivity index (χ4v) is 7.79. The Morgan fingerprint density at radius 3 is 2.02 bits per heavy atom. The third-order valence-electron chi connectivity index (χ3n) is 8.79. The zero-order valence-corrected chi connectivity index (χ0v) is 28.6. The van der Waals surface area contributed by atoms with Crippen molar-refractivity contribution in [2.75, 3.05) is 10.8 Å². The summed E-state index contributed by atoms with van der Waals surface area (Å²) in [6.07, 6.45) is 4.23. The zero-order chi connectivity index (χ0) is 33.6. The zero-order valence-electron chi connectivity index (χ0n) is 27.8. The lowest BCUT2D eigenvalue weighted by atomic mass is 10.0. The molecule has 0 heterocycles. The molecule has 1 atom stereocenters. The first-order valence-corrected chi connectivity index (χ1v) is 17.8. The van der Waals surface area contributed by atoms with Crippen molar-refractivity contribution in [3.05, 3.63) is 130 Å². The molecule has 1 fully saturated rings. The maximum Gasteiger partial charge on any atom is 0.264 e. The van der Waals surface area contributed by atoms with Crippen LogP contribution in [-0.2, 0) is 32.6 Å². The lowest BCUT2D eigenvalue weighted by Crippen LogP contribution is -2.54. The van der Waals surface area contributed by atoms with E-state index in [0.29, 0.717) is 12.1 Å². The van der Waals surface area contributed by atoms with Gasteiger partial charge in [0.1, 0.15) is 12.6 Å². The molecule has 7 nitrogen and oxygen atoms in total. The van der Waals surface area contributed by atoms with E-state index in [9.17, 15) is 18.0 Å². The van der Waals surface area contributed by atoms with Gasteiger partial charge in [-0.3, -0.25) is 13.9 Å². The first kappa shape index (κ1) is 33.9. The minimum atomic E-state index is -4.15. The first-order chi connectivity index (χ1) is 22.5. The van der Waals surface area contributed by atoms with E-state index in [4.69, 9.17) is 0 Å². The van der Waals surface area contributed by atoms with Gasteiger partial charge in [-0.25, -0.2) is 8.42 Å². The van der Waals surface area contributed by atoms with Gasteiger partial charge in [-0.15, -0.1) is 0 Å². The Morgan fingerprint density at radius 1 is 0.745 bits per heavy atom. The Labute approximate surface area is 279 Å². The summed E-state index contributed by atoms with van der Waals surface area (Å²) in [4.78, 5) is 30.6. The van der Waals surface area contributed by atoms with Crippen LogP contribution in [0.4, 0.5) is 5.69 Å². The molecule has 0 radical (unpaired) electrons. The molecule has 47 heavy (non-hydrogen) atoms. The van der Waals surface area contributed by atoms with Gasteiger partial charge in [-0.2, -0.15) is 0 Å². The third kappa shape index (κ3) is 8.69. The van der Waals surface area contributed by atoms with E-state index in [1.807, 2.05) is 88.4 Å². The topological polar surface area (TPSA) is 86.8 Å². The number of hydrogen-bond donors (Lipinski definition) is 1. The number of amides is 2. The van der Waals surface area contributed by atoms with Crippen LogP contribution in [0.25, 0.3) is 0 Å². The van der Waals surface area contributed by atoms with Crippen molar-refractivity contribution in [1.29, 1.82) is 0 Å². The lowest BCUT2D eigenvalue weighted by molar-refractivity contribution is -0.140. The first-order valence-electron chi connectivity index (χ1n) is 16.4. The van der Waals surface area contributed by atoms with Gasteiger partial charge >= 0.3 is 0 Å². The molecule has 1 aliphatic carbocycles. The van der Waals surface area contributed by atoms with Gasteiger partial charge in [0.05, 0.1) is 10.6 Å². The van der Waals surface area contributed by atoms with Gasteiger partial charge in [-0.05, 0) is 87.1 Å². The number of nitrogens with one attached hydrogen (secondary N) is 1. The van der Waals surface area contributed by atoms with Gasteiger partial charge in [0.2, 0.25) is 11.8 Å². The molecule has 5 rings (SSSR count). The number of nitrogens with zero attached hydrogens (tertiary/aromatic N) is 2. The Morgan fingerprint density at radius 2 is 1.38 bits per heavy atom. The van der Waals surface area contributed by atoms with Gasteiger partial charge in [0, 0.05) is 19.0 Å². The second kappa shape index (κ2) is 15.0. The fraction of sp³-hybridized carbons (Fsp3) is 0.333. The number of anilines is 1. The second-order valence-corrected chi connectivity index (χ2v) is 14.7. The number of aryl methyl sites for hydroxylation is 4. The molecular formula is C39H45N3O4S. The SMILES string of the molecule is Cc1ccc(S(=O)(=O)N(CC(=O)N(Cc2cccc(C)c2)[C@H](Cc2ccccc2)C(=O)NC2CCCC2)c2cc(C)cc(C)c2)cc1. The van der Waals surface area contributed by atoms with Crippen LogP contribution in [0.1, 0.15) is 59.1 Å². The molecule has 2 amide bonds. The van der Waals surface area contributed by atoms with Crippen molar-refractivity contribution in [3.63, 3.8) is 0 Å². The molecule has 0 bridgehead atoms.